The quantitative estimate of drug-likeness (QED) is 0.635. The Morgan fingerprint density at radius 3 is 2.70 bits per heavy atom. The van der Waals surface area contributed by atoms with Gasteiger partial charge in [-0.3, -0.25) is 0 Å². The molecule has 1 aliphatic heterocycles. The molecule has 0 saturated carbocycles. The Kier molecular flexibility index (Phi) is 7.88. The summed E-state index contributed by atoms with van der Waals surface area (Å²) in [6.07, 6.45) is 6.79. The lowest BCUT2D eigenvalue weighted by Gasteiger charge is -2.32. The molecule has 1 atom stereocenters. The Morgan fingerprint density at radius 2 is 2.00 bits per heavy atom. The highest BCUT2D eigenvalue weighted by Gasteiger charge is 2.28. The van der Waals surface area contributed by atoms with E-state index < -0.39 is 21.4 Å². The lowest BCUT2D eigenvalue weighted by atomic mass is 10.0. The summed E-state index contributed by atoms with van der Waals surface area (Å²) in [5, 5.41) is 17.5. The van der Waals surface area contributed by atoms with Crippen molar-refractivity contribution in [3.05, 3.63) is 48.0 Å². The maximum atomic E-state index is 11.5. The summed E-state index contributed by atoms with van der Waals surface area (Å²) in [4.78, 5) is 2.06. The highest BCUT2D eigenvalue weighted by Crippen LogP contribution is 2.27. The van der Waals surface area contributed by atoms with Crippen LogP contribution in [0.1, 0.15) is 38.2 Å². The second kappa shape index (κ2) is 10.4. The molecule has 7 heteroatoms. The van der Waals surface area contributed by atoms with Crippen LogP contribution < -0.4 is 9.88 Å². The first-order valence-electron chi connectivity index (χ1n) is 10.6. The minimum atomic E-state index is -3.47. The number of aliphatic hydroxyl groups excluding tert-OH is 1. The fourth-order valence-electron chi connectivity index (χ4n) is 3.87. The summed E-state index contributed by atoms with van der Waals surface area (Å²) < 4.78 is 28.8. The van der Waals surface area contributed by atoms with E-state index in [-0.39, 0.29) is 6.61 Å². The Balaban J connectivity index is 1.58. The van der Waals surface area contributed by atoms with E-state index in [1.807, 2.05) is 24.3 Å². The third-order valence-corrected chi connectivity index (χ3v) is 6.93. The van der Waals surface area contributed by atoms with Crippen LogP contribution in [0.15, 0.2) is 42.5 Å². The average molecular weight is 433 g/mol. The van der Waals surface area contributed by atoms with E-state index in [9.17, 15) is 13.5 Å². The lowest BCUT2D eigenvalue weighted by molar-refractivity contribution is 0.0621. The van der Waals surface area contributed by atoms with Gasteiger partial charge in [-0.05, 0) is 60.8 Å². The van der Waals surface area contributed by atoms with Gasteiger partial charge in [-0.1, -0.05) is 49.8 Å². The molecule has 0 bridgehead atoms. The minimum Gasteiger partial charge on any atom is -0.491 e. The van der Waals surface area contributed by atoms with Gasteiger partial charge < -0.3 is 14.7 Å². The van der Waals surface area contributed by atoms with Crippen LogP contribution in [0.3, 0.4) is 0 Å². The largest absolute Gasteiger partial charge is 0.491 e. The molecule has 164 valence electrons. The van der Waals surface area contributed by atoms with E-state index in [4.69, 9.17) is 9.88 Å². The highest BCUT2D eigenvalue weighted by molar-refractivity contribution is 7.89. The zero-order chi connectivity index (χ0) is 21.6. The number of unbranched alkanes of at least 4 members (excludes halogenated alkanes) is 1. The number of aliphatic hydroxyl groups is 1. The topological polar surface area (TPSA) is 92.9 Å². The molecule has 0 radical (unpaired) electrons. The fourth-order valence-corrected chi connectivity index (χ4v) is 4.74. The molecule has 1 saturated heterocycles. The number of hydrogen-bond acceptors (Lipinski definition) is 5. The molecule has 30 heavy (non-hydrogen) atoms. The Bertz CT molecular complexity index is 966. The standard InChI is InChI=1S/C23H32N2O4S/c1-2-3-4-7-18-14-21(15-19-8-5-6-9-23(18)19)29-17-20(26)16-25-12-10-22(11-13-25)30(24,27)28/h4-9,14-15,20,22,26H,2-3,10-13,16-17H2,1H3,(H2,24,27,28)/b7-4+. The van der Waals surface area contributed by atoms with Crippen molar-refractivity contribution in [2.24, 2.45) is 5.14 Å². The van der Waals surface area contributed by atoms with Crippen molar-refractivity contribution in [2.45, 2.75) is 44.0 Å². The van der Waals surface area contributed by atoms with E-state index >= 15 is 0 Å². The Morgan fingerprint density at radius 1 is 1.27 bits per heavy atom. The fraction of sp³-hybridized carbons (Fsp3) is 0.478. The lowest BCUT2D eigenvalue weighted by Crippen LogP contribution is -2.45. The van der Waals surface area contributed by atoms with E-state index in [0.29, 0.717) is 32.5 Å². The number of piperidine rings is 1. The van der Waals surface area contributed by atoms with Crippen LogP contribution in [-0.2, 0) is 10.0 Å². The summed E-state index contributed by atoms with van der Waals surface area (Å²) in [7, 11) is -3.47. The number of primary sulfonamides is 1. The molecule has 0 spiro atoms. The summed E-state index contributed by atoms with van der Waals surface area (Å²) in [5.41, 5.74) is 1.11. The van der Waals surface area contributed by atoms with Gasteiger partial charge >= 0.3 is 0 Å². The number of nitrogens with zero attached hydrogens (tertiary/aromatic N) is 1. The third-order valence-electron chi connectivity index (χ3n) is 5.53. The van der Waals surface area contributed by atoms with Crippen LogP contribution >= 0.6 is 0 Å². The number of sulfonamides is 1. The molecule has 2 aromatic carbocycles. The molecule has 1 unspecified atom stereocenters. The van der Waals surface area contributed by atoms with Crippen LogP contribution in [0.5, 0.6) is 5.75 Å². The van der Waals surface area contributed by atoms with Gasteiger partial charge in [-0.15, -0.1) is 0 Å². The van der Waals surface area contributed by atoms with Crippen molar-refractivity contribution < 1.29 is 18.3 Å². The number of hydrogen-bond donors (Lipinski definition) is 2. The number of fused-ring (bicyclic) bond motifs is 1. The van der Waals surface area contributed by atoms with Gasteiger partial charge in [0.25, 0.3) is 0 Å². The SMILES string of the molecule is CCC/C=C/c1cc(OCC(O)CN2CCC(S(N)(=O)=O)CC2)cc2ccccc12. The molecule has 0 aliphatic carbocycles. The molecule has 3 N–H and O–H groups in total. The van der Waals surface area contributed by atoms with Crippen molar-refractivity contribution in [3.8, 4) is 5.75 Å². The van der Waals surface area contributed by atoms with Crippen molar-refractivity contribution >= 4 is 26.9 Å². The second-order valence-corrected chi connectivity index (χ2v) is 9.82. The zero-order valence-corrected chi connectivity index (χ0v) is 18.4. The predicted octanol–water partition coefficient (Wildman–Crippen LogP) is 3.15. The van der Waals surface area contributed by atoms with E-state index in [1.165, 1.54) is 5.39 Å². The summed E-state index contributed by atoms with van der Waals surface area (Å²) >= 11 is 0. The van der Waals surface area contributed by atoms with Crippen LogP contribution in [0.25, 0.3) is 16.8 Å². The Labute approximate surface area is 179 Å². The van der Waals surface area contributed by atoms with E-state index in [0.717, 1.165) is 29.5 Å². The molecule has 0 amide bonds. The first-order valence-corrected chi connectivity index (χ1v) is 12.2. The number of allylic oxidation sites excluding steroid dienone is 1. The number of β-amino-alcohol motifs (C(OH)–C–C–N with tert-alkyl or cyclic N) is 1. The third kappa shape index (κ3) is 6.28. The highest BCUT2D eigenvalue weighted by atomic mass is 32.2. The van der Waals surface area contributed by atoms with Gasteiger partial charge in [-0.2, -0.15) is 0 Å². The van der Waals surface area contributed by atoms with Crippen molar-refractivity contribution in [3.63, 3.8) is 0 Å². The molecule has 1 aliphatic rings. The molecule has 0 aromatic heterocycles. The van der Waals surface area contributed by atoms with Gasteiger partial charge in [0, 0.05) is 6.54 Å². The average Bonchev–Trinajstić information content (AvgIpc) is 2.72. The molecule has 1 fully saturated rings. The first-order chi connectivity index (χ1) is 14.4. The van der Waals surface area contributed by atoms with Crippen LogP contribution in [-0.4, -0.2) is 56.0 Å². The predicted molar refractivity (Wildman–Crippen MR) is 122 cm³/mol. The number of nitrogens with two attached hydrogens (primary N) is 1. The zero-order valence-electron chi connectivity index (χ0n) is 17.5. The van der Waals surface area contributed by atoms with Crippen molar-refractivity contribution in [1.29, 1.82) is 0 Å². The molecule has 3 rings (SSSR count). The number of rotatable bonds is 9. The van der Waals surface area contributed by atoms with Gasteiger partial charge in [0.1, 0.15) is 18.5 Å². The minimum absolute atomic E-state index is 0.186. The molecule has 6 nitrogen and oxygen atoms in total. The second-order valence-electron chi connectivity index (χ2n) is 7.98. The molecular formula is C23H32N2O4S. The van der Waals surface area contributed by atoms with Gasteiger partial charge in [0.05, 0.1) is 5.25 Å². The number of likely N-dealkylation sites (tertiary alicyclic amines) is 1. The summed E-state index contributed by atoms with van der Waals surface area (Å²) in [6, 6.07) is 12.2. The summed E-state index contributed by atoms with van der Waals surface area (Å²) in [6.45, 7) is 4.02. The van der Waals surface area contributed by atoms with Gasteiger partial charge in [0.2, 0.25) is 10.0 Å². The molecule has 2 aromatic rings. The van der Waals surface area contributed by atoms with Gasteiger partial charge in [0.15, 0.2) is 0 Å². The number of benzene rings is 2. The van der Waals surface area contributed by atoms with E-state index in [1.54, 1.807) is 0 Å². The first kappa shape index (κ1) is 22.7. The van der Waals surface area contributed by atoms with Crippen LogP contribution in [0.4, 0.5) is 0 Å². The smallest absolute Gasteiger partial charge is 0.212 e. The van der Waals surface area contributed by atoms with E-state index in [2.05, 4.69) is 36.1 Å². The molecule has 1 heterocycles. The van der Waals surface area contributed by atoms with Crippen LogP contribution in [0.2, 0.25) is 0 Å². The van der Waals surface area contributed by atoms with Crippen LogP contribution in [0, 0.1) is 0 Å². The maximum absolute atomic E-state index is 11.5. The van der Waals surface area contributed by atoms with Crippen molar-refractivity contribution in [2.75, 3.05) is 26.2 Å². The molecular weight excluding hydrogens is 400 g/mol. The Hall–Kier alpha value is -1.93. The monoisotopic (exact) mass is 432 g/mol. The summed E-state index contributed by atoms with van der Waals surface area (Å²) in [5.74, 6) is 0.733. The maximum Gasteiger partial charge on any atom is 0.212 e. The normalized spacial score (nSPS) is 17.6. The number of ether oxygens (including phenoxy) is 1. The van der Waals surface area contributed by atoms with Crippen molar-refractivity contribution in [1.82, 2.24) is 4.90 Å². The van der Waals surface area contributed by atoms with Gasteiger partial charge in [-0.25, -0.2) is 13.6 Å².